The first-order valence-corrected chi connectivity index (χ1v) is 9.71. The van der Waals surface area contributed by atoms with E-state index in [2.05, 4.69) is 13.8 Å². The van der Waals surface area contributed by atoms with Crippen LogP contribution in [0.3, 0.4) is 0 Å². The van der Waals surface area contributed by atoms with Crippen LogP contribution >= 0.6 is 0 Å². The number of carbonyl (C=O) groups is 2. The van der Waals surface area contributed by atoms with Gasteiger partial charge in [0, 0.05) is 24.2 Å². The summed E-state index contributed by atoms with van der Waals surface area (Å²) in [4.78, 5) is 26.3. The van der Waals surface area contributed by atoms with Gasteiger partial charge in [0.05, 0.1) is 17.1 Å². The standard InChI is InChI=1S/C20H28O3/c1-19(2)15-10-12-4-3-5-14(21)17(12)13-8-6-11-7-9-16(23-19)20(13,15)18(11)22/h11-13,15-17H,3-10H2,1-2H3/t11-,12-,13-,15+,16-,17-,20-/m0/s1. The molecule has 1 heterocycles. The van der Waals surface area contributed by atoms with E-state index in [9.17, 15) is 9.59 Å². The van der Waals surface area contributed by atoms with Gasteiger partial charge in [0.15, 0.2) is 0 Å². The maximum absolute atomic E-state index is 13.5. The lowest BCUT2D eigenvalue weighted by molar-refractivity contribution is -0.172. The second-order valence-electron chi connectivity index (χ2n) is 9.40. The highest BCUT2D eigenvalue weighted by molar-refractivity contribution is 5.92. The molecular formula is C20H28O3. The molecule has 7 atom stereocenters. The summed E-state index contributed by atoms with van der Waals surface area (Å²) in [5.74, 6) is 2.45. The van der Waals surface area contributed by atoms with Crippen molar-refractivity contribution >= 4 is 11.6 Å². The number of rotatable bonds is 0. The van der Waals surface area contributed by atoms with Gasteiger partial charge in [-0.2, -0.15) is 0 Å². The zero-order valence-electron chi connectivity index (χ0n) is 14.3. The monoisotopic (exact) mass is 316 g/mol. The van der Waals surface area contributed by atoms with Gasteiger partial charge >= 0.3 is 0 Å². The van der Waals surface area contributed by atoms with Crippen molar-refractivity contribution in [3.8, 4) is 0 Å². The molecule has 1 aliphatic heterocycles. The minimum atomic E-state index is -0.321. The third kappa shape index (κ3) is 1.61. The van der Waals surface area contributed by atoms with Gasteiger partial charge in [0.25, 0.3) is 0 Å². The molecule has 0 aromatic carbocycles. The third-order valence-electron chi connectivity index (χ3n) is 8.26. The average molecular weight is 316 g/mol. The predicted molar refractivity (Wildman–Crippen MR) is 85.8 cm³/mol. The van der Waals surface area contributed by atoms with Crippen molar-refractivity contribution in [1.82, 2.24) is 0 Å². The predicted octanol–water partition coefficient (Wildman–Crippen LogP) is 3.54. The van der Waals surface area contributed by atoms with Crippen molar-refractivity contribution < 1.29 is 14.3 Å². The number of ketones is 2. The van der Waals surface area contributed by atoms with E-state index in [1.165, 1.54) is 6.42 Å². The molecule has 23 heavy (non-hydrogen) atoms. The molecule has 5 rings (SSSR count). The van der Waals surface area contributed by atoms with E-state index in [-0.39, 0.29) is 34.9 Å². The summed E-state index contributed by atoms with van der Waals surface area (Å²) in [5.41, 5.74) is -0.533. The average Bonchev–Trinajstić information content (AvgIpc) is 2.73. The van der Waals surface area contributed by atoms with Crippen LogP contribution in [0.1, 0.15) is 65.2 Å². The van der Waals surface area contributed by atoms with Crippen molar-refractivity contribution in [2.24, 2.45) is 35.0 Å². The molecule has 1 saturated heterocycles. The summed E-state index contributed by atoms with van der Waals surface area (Å²) in [6.45, 7) is 4.40. The van der Waals surface area contributed by atoms with Crippen molar-refractivity contribution in [2.45, 2.75) is 76.9 Å². The zero-order valence-corrected chi connectivity index (χ0v) is 14.3. The fraction of sp³-hybridized carbons (Fsp3) is 0.900. The zero-order chi connectivity index (χ0) is 16.0. The van der Waals surface area contributed by atoms with E-state index in [1.54, 1.807) is 0 Å². The van der Waals surface area contributed by atoms with Crippen LogP contribution in [0.25, 0.3) is 0 Å². The number of hydrogen-bond donors (Lipinski definition) is 0. The third-order valence-corrected chi connectivity index (χ3v) is 8.26. The Balaban J connectivity index is 1.68. The second kappa shape index (κ2) is 4.47. The Labute approximate surface area is 138 Å². The van der Waals surface area contributed by atoms with E-state index >= 15 is 0 Å². The first kappa shape index (κ1) is 14.6. The minimum absolute atomic E-state index is 0.0761. The van der Waals surface area contributed by atoms with Crippen LogP contribution < -0.4 is 0 Å². The fourth-order valence-corrected chi connectivity index (χ4v) is 7.61. The molecule has 4 saturated carbocycles. The van der Waals surface area contributed by atoms with Gasteiger partial charge < -0.3 is 4.74 Å². The van der Waals surface area contributed by atoms with Crippen LogP contribution in [0.5, 0.6) is 0 Å². The molecule has 4 aliphatic carbocycles. The summed E-state index contributed by atoms with van der Waals surface area (Å²) < 4.78 is 6.52. The summed E-state index contributed by atoms with van der Waals surface area (Å²) in [7, 11) is 0. The fourth-order valence-electron chi connectivity index (χ4n) is 7.61. The Hall–Kier alpha value is -0.700. The van der Waals surface area contributed by atoms with Crippen LogP contribution in [0.4, 0.5) is 0 Å². The normalized spacial score (nSPS) is 53.7. The highest BCUT2D eigenvalue weighted by atomic mass is 16.5. The van der Waals surface area contributed by atoms with Gasteiger partial charge in [0.1, 0.15) is 11.6 Å². The van der Waals surface area contributed by atoms with Gasteiger partial charge in [0.2, 0.25) is 0 Å². The molecule has 5 fully saturated rings. The van der Waals surface area contributed by atoms with Crippen molar-refractivity contribution in [3.05, 3.63) is 0 Å². The van der Waals surface area contributed by atoms with Crippen molar-refractivity contribution in [1.29, 1.82) is 0 Å². The first-order chi connectivity index (χ1) is 11.0. The Kier molecular flexibility index (Phi) is 2.84. The van der Waals surface area contributed by atoms with E-state index < -0.39 is 0 Å². The summed E-state index contributed by atoms with van der Waals surface area (Å²) in [6.07, 6.45) is 8.21. The number of ether oxygens (including phenoxy) is 1. The molecule has 0 unspecified atom stereocenters. The minimum Gasteiger partial charge on any atom is -0.371 e. The summed E-state index contributed by atoms with van der Waals surface area (Å²) >= 11 is 0. The molecule has 126 valence electrons. The maximum Gasteiger partial charge on any atom is 0.145 e. The van der Waals surface area contributed by atoms with Crippen LogP contribution in [-0.4, -0.2) is 23.3 Å². The largest absolute Gasteiger partial charge is 0.371 e. The molecule has 1 spiro atoms. The van der Waals surface area contributed by atoms with Crippen LogP contribution in [0, 0.1) is 35.0 Å². The summed E-state index contributed by atoms with van der Waals surface area (Å²) in [5, 5.41) is 0. The van der Waals surface area contributed by atoms with E-state index in [4.69, 9.17) is 4.74 Å². The Morgan fingerprint density at radius 2 is 1.83 bits per heavy atom. The van der Waals surface area contributed by atoms with Gasteiger partial charge in [-0.3, -0.25) is 9.59 Å². The van der Waals surface area contributed by atoms with Crippen LogP contribution in [-0.2, 0) is 14.3 Å². The lowest BCUT2D eigenvalue weighted by Gasteiger charge is -2.60. The topological polar surface area (TPSA) is 43.4 Å². The van der Waals surface area contributed by atoms with Crippen LogP contribution in [0.2, 0.25) is 0 Å². The lowest BCUT2D eigenvalue weighted by Crippen LogP contribution is -2.64. The SMILES string of the molecule is CC1(C)O[C@H]2CC[C@@H]3CC[C@H]4[C@H]5C(=O)CCC[C@H]5C[C@H]1[C@]24C3=O. The van der Waals surface area contributed by atoms with Gasteiger partial charge in [-0.1, -0.05) is 0 Å². The number of fused-ring (bicyclic) bond motifs is 3. The Morgan fingerprint density at radius 1 is 1.04 bits per heavy atom. The molecule has 5 aliphatic rings. The van der Waals surface area contributed by atoms with Gasteiger partial charge in [-0.15, -0.1) is 0 Å². The van der Waals surface area contributed by atoms with Crippen molar-refractivity contribution in [2.75, 3.05) is 0 Å². The maximum atomic E-state index is 13.5. The number of carbonyl (C=O) groups excluding carboxylic acids is 2. The van der Waals surface area contributed by atoms with Crippen LogP contribution in [0.15, 0.2) is 0 Å². The number of hydrogen-bond acceptors (Lipinski definition) is 3. The van der Waals surface area contributed by atoms with E-state index in [0.717, 1.165) is 44.9 Å². The van der Waals surface area contributed by atoms with E-state index in [1.807, 2.05) is 0 Å². The van der Waals surface area contributed by atoms with Crippen molar-refractivity contribution in [3.63, 3.8) is 0 Å². The van der Waals surface area contributed by atoms with Gasteiger partial charge in [-0.25, -0.2) is 0 Å². The highest BCUT2D eigenvalue weighted by Gasteiger charge is 2.73. The molecule has 0 aromatic heterocycles. The smallest absolute Gasteiger partial charge is 0.145 e. The molecule has 0 aromatic rings. The molecule has 0 N–H and O–H groups in total. The molecular weight excluding hydrogens is 288 g/mol. The molecule has 3 nitrogen and oxygen atoms in total. The lowest BCUT2D eigenvalue weighted by atomic mass is 9.41. The van der Waals surface area contributed by atoms with E-state index in [0.29, 0.717) is 23.4 Å². The quantitative estimate of drug-likeness (QED) is 0.686. The van der Waals surface area contributed by atoms with Gasteiger partial charge in [-0.05, 0) is 70.6 Å². The molecule has 0 radical (unpaired) electrons. The molecule has 2 bridgehead atoms. The Bertz CT molecular complexity index is 579. The first-order valence-electron chi connectivity index (χ1n) is 9.71. The number of Topliss-reactive ketones (excluding diaryl/α,β-unsaturated/α-hetero) is 2. The molecule has 0 amide bonds. The summed E-state index contributed by atoms with van der Waals surface area (Å²) in [6, 6.07) is 0. The Morgan fingerprint density at radius 3 is 2.65 bits per heavy atom. The molecule has 3 heteroatoms. The highest BCUT2D eigenvalue weighted by Crippen LogP contribution is 2.69. The second-order valence-corrected chi connectivity index (χ2v) is 9.40.